The van der Waals surface area contributed by atoms with Crippen molar-refractivity contribution in [1.82, 2.24) is 24.8 Å². The molecule has 136 valence electrons. The Kier molecular flexibility index (Phi) is 3.99. The number of fused-ring (bicyclic) bond motifs is 2. The lowest BCUT2D eigenvalue weighted by atomic mass is 10.1. The third-order valence-corrected chi connectivity index (χ3v) is 4.72. The van der Waals surface area contributed by atoms with Gasteiger partial charge in [0.1, 0.15) is 0 Å². The maximum absolute atomic E-state index is 13.3. The van der Waals surface area contributed by atoms with Crippen LogP contribution in [0.2, 0.25) is 0 Å². The fourth-order valence-electron chi connectivity index (χ4n) is 3.42. The van der Waals surface area contributed by atoms with Crippen molar-refractivity contribution >= 4 is 17.0 Å². The van der Waals surface area contributed by atoms with E-state index in [1.54, 1.807) is 13.0 Å². The molecule has 8 heteroatoms. The molecule has 0 saturated carbocycles. The Balaban J connectivity index is 1.71. The van der Waals surface area contributed by atoms with Gasteiger partial charge in [-0.1, -0.05) is 5.16 Å². The molecule has 3 aromatic heterocycles. The molecule has 4 heterocycles. The second-order valence-corrected chi connectivity index (χ2v) is 6.80. The average Bonchev–Trinajstić information content (AvgIpc) is 3.11. The van der Waals surface area contributed by atoms with Gasteiger partial charge in [-0.15, -0.1) is 0 Å². The first kappa shape index (κ1) is 16.7. The van der Waals surface area contributed by atoms with Crippen LogP contribution in [-0.2, 0) is 13.1 Å². The molecule has 4 rings (SSSR count). The fraction of sp³-hybridized carbons (Fsp3) is 0.444. The largest absolute Gasteiger partial charge is 0.387 e. The average molecular weight is 355 g/mol. The van der Waals surface area contributed by atoms with Gasteiger partial charge in [0, 0.05) is 18.8 Å². The van der Waals surface area contributed by atoms with Gasteiger partial charge in [0.15, 0.2) is 0 Å². The van der Waals surface area contributed by atoms with E-state index in [-0.39, 0.29) is 5.91 Å². The second-order valence-electron chi connectivity index (χ2n) is 6.80. The molecule has 1 aliphatic rings. The summed E-state index contributed by atoms with van der Waals surface area (Å²) in [4.78, 5) is 19.4. The summed E-state index contributed by atoms with van der Waals surface area (Å²) in [7, 11) is 0. The highest BCUT2D eigenvalue weighted by molar-refractivity contribution is 6.06. The molecule has 0 radical (unpaired) electrons. The zero-order valence-corrected chi connectivity index (χ0v) is 15.1. The Morgan fingerprint density at radius 1 is 1.31 bits per heavy atom. The van der Waals surface area contributed by atoms with Crippen molar-refractivity contribution in [2.24, 2.45) is 0 Å². The number of carbonyl (C=O) groups excluding carboxylic acids is 1. The number of amides is 1. The van der Waals surface area contributed by atoms with Gasteiger partial charge in [0.05, 0.1) is 40.7 Å². The fourth-order valence-corrected chi connectivity index (χ4v) is 3.42. The van der Waals surface area contributed by atoms with Crippen LogP contribution in [0.4, 0.5) is 0 Å². The van der Waals surface area contributed by atoms with Crippen molar-refractivity contribution in [3.63, 3.8) is 0 Å². The van der Waals surface area contributed by atoms with Crippen molar-refractivity contribution in [2.75, 3.05) is 6.54 Å². The van der Waals surface area contributed by atoms with Gasteiger partial charge in [-0.05, 0) is 39.3 Å². The van der Waals surface area contributed by atoms with Gasteiger partial charge >= 0.3 is 0 Å². The molecule has 0 unspecified atom stereocenters. The quantitative estimate of drug-likeness (QED) is 0.756. The van der Waals surface area contributed by atoms with Crippen LogP contribution in [0, 0.1) is 13.8 Å². The number of hydrogen-bond donors (Lipinski definition) is 1. The molecular weight excluding hydrogens is 334 g/mol. The summed E-state index contributed by atoms with van der Waals surface area (Å²) in [5.41, 5.74) is 3.89. The third-order valence-electron chi connectivity index (χ3n) is 4.72. The monoisotopic (exact) mass is 355 g/mol. The first-order valence-electron chi connectivity index (χ1n) is 8.71. The molecule has 0 fully saturated rings. The molecule has 26 heavy (non-hydrogen) atoms. The zero-order chi connectivity index (χ0) is 18.4. The van der Waals surface area contributed by atoms with E-state index in [0.29, 0.717) is 46.8 Å². The third kappa shape index (κ3) is 2.76. The molecule has 1 aliphatic heterocycles. The summed E-state index contributed by atoms with van der Waals surface area (Å²) < 4.78 is 7.13. The smallest absolute Gasteiger partial charge is 0.258 e. The summed E-state index contributed by atoms with van der Waals surface area (Å²) in [6.45, 7) is 7.15. The standard InChI is InChI=1S/C18H21N5O3/c1-10-7-14(16-11(2)21-26-17(16)19-10)18(25)22-5-4-6-23-13(9-22)8-15(20-23)12(3)24/h7-8,12,24H,4-6,9H2,1-3H3/t12-/m0/s1. The molecule has 1 amide bonds. The molecule has 8 nitrogen and oxygen atoms in total. The minimum Gasteiger partial charge on any atom is -0.387 e. The van der Waals surface area contributed by atoms with Crippen molar-refractivity contribution in [3.8, 4) is 0 Å². The number of aryl methyl sites for hydroxylation is 3. The Bertz CT molecular complexity index is 988. The van der Waals surface area contributed by atoms with E-state index in [9.17, 15) is 9.90 Å². The Labute approximate surface area is 150 Å². The van der Waals surface area contributed by atoms with Gasteiger partial charge in [-0.3, -0.25) is 9.48 Å². The summed E-state index contributed by atoms with van der Waals surface area (Å²) in [6.07, 6.45) is 0.177. The van der Waals surface area contributed by atoms with E-state index in [1.807, 2.05) is 29.5 Å². The number of aliphatic hydroxyl groups excluding tert-OH is 1. The lowest BCUT2D eigenvalue weighted by molar-refractivity contribution is 0.0747. The van der Waals surface area contributed by atoms with E-state index >= 15 is 0 Å². The number of pyridine rings is 1. The first-order valence-corrected chi connectivity index (χ1v) is 8.71. The Morgan fingerprint density at radius 3 is 2.88 bits per heavy atom. The van der Waals surface area contributed by atoms with E-state index in [4.69, 9.17) is 4.52 Å². The van der Waals surface area contributed by atoms with Crippen molar-refractivity contribution < 1.29 is 14.4 Å². The van der Waals surface area contributed by atoms with Gasteiger partial charge in [0.25, 0.3) is 11.6 Å². The highest BCUT2D eigenvalue weighted by Crippen LogP contribution is 2.25. The van der Waals surface area contributed by atoms with Gasteiger partial charge in [0.2, 0.25) is 0 Å². The molecular formula is C18H21N5O3. The van der Waals surface area contributed by atoms with E-state index < -0.39 is 6.10 Å². The first-order chi connectivity index (χ1) is 12.4. The molecule has 0 aliphatic carbocycles. The van der Waals surface area contributed by atoms with Crippen molar-refractivity contribution in [2.45, 2.75) is 46.4 Å². The van der Waals surface area contributed by atoms with Gasteiger partial charge in [-0.2, -0.15) is 5.10 Å². The molecule has 0 spiro atoms. The van der Waals surface area contributed by atoms with Crippen LogP contribution < -0.4 is 0 Å². The normalized spacial score (nSPS) is 15.8. The lowest BCUT2D eigenvalue weighted by Gasteiger charge is -2.20. The Hall–Kier alpha value is -2.74. The van der Waals surface area contributed by atoms with Crippen LogP contribution >= 0.6 is 0 Å². The SMILES string of the molecule is Cc1cc(C(=O)N2CCCn3nc([C@H](C)O)cc3C2)c2c(C)noc2n1. The number of aromatic nitrogens is 4. The second kappa shape index (κ2) is 6.21. The van der Waals surface area contributed by atoms with Gasteiger partial charge < -0.3 is 14.5 Å². The van der Waals surface area contributed by atoms with Crippen molar-refractivity contribution in [3.05, 3.63) is 40.5 Å². The predicted molar refractivity (Wildman–Crippen MR) is 93.5 cm³/mol. The van der Waals surface area contributed by atoms with Gasteiger partial charge in [-0.25, -0.2) is 4.98 Å². The van der Waals surface area contributed by atoms with Crippen LogP contribution in [0.25, 0.3) is 11.1 Å². The molecule has 0 bridgehead atoms. The number of nitrogens with zero attached hydrogens (tertiary/aromatic N) is 5. The molecule has 0 aromatic carbocycles. The summed E-state index contributed by atoms with van der Waals surface area (Å²) in [6, 6.07) is 3.66. The summed E-state index contributed by atoms with van der Waals surface area (Å²) in [5, 5.41) is 18.8. The van der Waals surface area contributed by atoms with E-state index in [2.05, 4.69) is 15.2 Å². The molecule has 1 atom stereocenters. The lowest BCUT2D eigenvalue weighted by Crippen LogP contribution is -2.31. The predicted octanol–water partition coefficient (Wildman–Crippen LogP) is 2.14. The summed E-state index contributed by atoms with van der Waals surface area (Å²) >= 11 is 0. The molecule has 3 aromatic rings. The van der Waals surface area contributed by atoms with Crippen LogP contribution in [-0.4, -0.2) is 42.4 Å². The van der Waals surface area contributed by atoms with E-state index in [0.717, 1.165) is 18.7 Å². The van der Waals surface area contributed by atoms with Crippen LogP contribution in [0.3, 0.4) is 0 Å². The topological polar surface area (TPSA) is 97.3 Å². The molecule has 0 saturated heterocycles. The highest BCUT2D eigenvalue weighted by atomic mass is 16.5. The Morgan fingerprint density at radius 2 is 2.12 bits per heavy atom. The maximum Gasteiger partial charge on any atom is 0.258 e. The maximum atomic E-state index is 13.3. The van der Waals surface area contributed by atoms with Crippen LogP contribution in [0.5, 0.6) is 0 Å². The number of carbonyl (C=O) groups is 1. The van der Waals surface area contributed by atoms with Crippen LogP contribution in [0.15, 0.2) is 16.7 Å². The van der Waals surface area contributed by atoms with Crippen LogP contribution in [0.1, 0.15) is 52.6 Å². The minimum atomic E-state index is -0.624. The zero-order valence-electron chi connectivity index (χ0n) is 15.1. The van der Waals surface area contributed by atoms with E-state index in [1.165, 1.54) is 0 Å². The highest BCUT2D eigenvalue weighted by Gasteiger charge is 2.26. The number of hydrogen-bond acceptors (Lipinski definition) is 6. The molecule has 1 N–H and O–H groups in total. The minimum absolute atomic E-state index is 0.0694. The summed E-state index contributed by atoms with van der Waals surface area (Å²) in [5.74, 6) is -0.0694. The van der Waals surface area contributed by atoms with Crippen molar-refractivity contribution in [1.29, 1.82) is 0 Å². The number of rotatable bonds is 2. The number of aliphatic hydroxyl groups is 1.